The van der Waals surface area contributed by atoms with Gasteiger partial charge in [0.2, 0.25) is 0 Å². The number of hydrogen-bond donors (Lipinski definition) is 1. The molecular formula is C8H5BrO4S. The van der Waals surface area contributed by atoms with E-state index >= 15 is 0 Å². The average Bonchev–Trinajstić information content (AvgIpc) is 2.50. The maximum absolute atomic E-state index is 10.4. The van der Waals surface area contributed by atoms with E-state index in [-0.39, 0.29) is 12.2 Å². The number of rotatable bonds is 4. The van der Waals surface area contributed by atoms with Crippen LogP contribution in [0.15, 0.2) is 22.0 Å². The molecule has 0 atom stereocenters. The fourth-order valence-corrected chi connectivity index (χ4v) is 2.16. The van der Waals surface area contributed by atoms with Gasteiger partial charge in [-0.3, -0.25) is 4.79 Å². The van der Waals surface area contributed by atoms with Crippen molar-refractivity contribution in [3.05, 3.63) is 26.9 Å². The third-order valence-electron chi connectivity index (χ3n) is 1.24. The Bertz CT molecular complexity index is 382. The van der Waals surface area contributed by atoms with E-state index in [9.17, 15) is 9.59 Å². The van der Waals surface area contributed by atoms with Gasteiger partial charge >= 0.3 is 5.97 Å². The highest BCUT2D eigenvalue weighted by molar-refractivity contribution is 9.10. The van der Waals surface area contributed by atoms with Gasteiger partial charge in [0.15, 0.2) is 5.76 Å². The molecule has 0 saturated heterocycles. The van der Waals surface area contributed by atoms with Gasteiger partial charge in [0, 0.05) is 9.85 Å². The smallest absolute Gasteiger partial charge is 0.332 e. The quantitative estimate of drug-likeness (QED) is 0.520. The molecule has 0 bridgehead atoms. The van der Waals surface area contributed by atoms with Gasteiger partial charge in [-0.05, 0) is 22.0 Å². The van der Waals surface area contributed by atoms with Crippen LogP contribution in [0.5, 0.6) is 0 Å². The van der Waals surface area contributed by atoms with Crippen molar-refractivity contribution in [3.8, 4) is 0 Å². The minimum Gasteiger partial charge on any atom is -0.478 e. The van der Waals surface area contributed by atoms with E-state index in [1.807, 2.05) is 0 Å². The number of thiophene rings is 1. The molecule has 1 N–H and O–H groups in total. The standard InChI is InChI=1S/C8H5BrO4S/c9-5-1-7(14-3-5)6(13-4-10)2-8(11)12/h1-4H,(H,11,12)/b6-2-. The highest BCUT2D eigenvalue weighted by Crippen LogP contribution is 2.26. The van der Waals surface area contributed by atoms with Crippen molar-refractivity contribution in [2.75, 3.05) is 0 Å². The molecule has 1 rings (SSSR count). The van der Waals surface area contributed by atoms with E-state index in [4.69, 9.17) is 5.11 Å². The van der Waals surface area contributed by atoms with Crippen LogP contribution in [0.25, 0.3) is 5.76 Å². The number of carbonyl (C=O) groups is 2. The number of halogens is 1. The third-order valence-corrected chi connectivity index (χ3v) is 2.95. The van der Waals surface area contributed by atoms with Crippen LogP contribution in [0.4, 0.5) is 0 Å². The van der Waals surface area contributed by atoms with Crippen molar-refractivity contribution < 1.29 is 19.4 Å². The molecule has 0 fully saturated rings. The first-order valence-corrected chi connectivity index (χ1v) is 5.10. The topological polar surface area (TPSA) is 63.6 Å². The van der Waals surface area contributed by atoms with Crippen LogP contribution in [0.2, 0.25) is 0 Å². The lowest BCUT2D eigenvalue weighted by atomic mass is 10.3. The van der Waals surface area contributed by atoms with Gasteiger partial charge < -0.3 is 9.84 Å². The van der Waals surface area contributed by atoms with Gasteiger partial charge in [0.25, 0.3) is 6.47 Å². The molecule has 14 heavy (non-hydrogen) atoms. The molecule has 0 aliphatic carbocycles. The minimum absolute atomic E-state index is 0.0307. The second kappa shape index (κ2) is 4.92. The summed E-state index contributed by atoms with van der Waals surface area (Å²) in [6.07, 6.45) is 0.840. The predicted octanol–water partition coefficient (Wildman–Crippen LogP) is 2.11. The van der Waals surface area contributed by atoms with Gasteiger partial charge in [-0.25, -0.2) is 4.79 Å². The zero-order valence-corrected chi connectivity index (χ0v) is 9.17. The number of carboxylic acid groups (broad SMARTS) is 1. The lowest BCUT2D eigenvalue weighted by molar-refractivity contribution is -0.131. The molecule has 1 heterocycles. The largest absolute Gasteiger partial charge is 0.478 e. The molecule has 0 saturated carbocycles. The molecular weight excluding hydrogens is 272 g/mol. The Balaban J connectivity index is 2.99. The summed E-state index contributed by atoms with van der Waals surface area (Å²) < 4.78 is 5.35. The van der Waals surface area contributed by atoms with Crippen LogP contribution in [0, 0.1) is 0 Å². The summed E-state index contributed by atoms with van der Waals surface area (Å²) in [6, 6.07) is 1.67. The first kappa shape index (κ1) is 10.9. The van der Waals surface area contributed by atoms with Crippen LogP contribution in [-0.2, 0) is 14.3 Å². The SMILES string of the molecule is O=CO/C(=C\C(=O)O)c1cc(Br)cs1. The van der Waals surface area contributed by atoms with E-state index < -0.39 is 5.97 Å². The Morgan fingerprint density at radius 3 is 2.79 bits per heavy atom. The summed E-state index contributed by atoms with van der Waals surface area (Å²) in [5.74, 6) is -1.13. The van der Waals surface area contributed by atoms with E-state index in [0.717, 1.165) is 10.5 Å². The van der Waals surface area contributed by atoms with Gasteiger partial charge in [-0.15, -0.1) is 11.3 Å². The normalized spacial score (nSPS) is 11.1. The zero-order chi connectivity index (χ0) is 10.6. The van der Waals surface area contributed by atoms with Crippen LogP contribution < -0.4 is 0 Å². The second-order valence-corrected chi connectivity index (χ2v) is 4.02. The number of aliphatic carboxylic acids is 1. The fourth-order valence-electron chi connectivity index (χ4n) is 0.769. The van der Waals surface area contributed by atoms with Crippen LogP contribution in [-0.4, -0.2) is 17.5 Å². The Morgan fingerprint density at radius 2 is 2.36 bits per heavy atom. The molecule has 0 spiro atoms. The van der Waals surface area contributed by atoms with Crippen molar-refractivity contribution in [2.24, 2.45) is 0 Å². The van der Waals surface area contributed by atoms with Gasteiger partial charge in [-0.1, -0.05) is 0 Å². The summed E-state index contributed by atoms with van der Waals surface area (Å²) in [7, 11) is 0. The van der Waals surface area contributed by atoms with E-state index in [2.05, 4.69) is 20.7 Å². The lowest BCUT2D eigenvalue weighted by Crippen LogP contribution is -1.94. The summed E-state index contributed by atoms with van der Waals surface area (Å²) >= 11 is 4.49. The molecule has 1 aromatic heterocycles. The number of carbonyl (C=O) groups excluding carboxylic acids is 1. The molecule has 0 unspecified atom stereocenters. The minimum atomic E-state index is -1.16. The van der Waals surface area contributed by atoms with E-state index in [1.165, 1.54) is 11.3 Å². The van der Waals surface area contributed by atoms with Crippen molar-refractivity contribution in [1.29, 1.82) is 0 Å². The third kappa shape index (κ3) is 2.97. The van der Waals surface area contributed by atoms with Gasteiger partial charge in [-0.2, -0.15) is 0 Å². The highest BCUT2D eigenvalue weighted by Gasteiger charge is 2.08. The lowest BCUT2D eigenvalue weighted by Gasteiger charge is -1.98. The average molecular weight is 277 g/mol. The van der Waals surface area contributed by atoms with Crippen LogP contribution in [0.1, 0.15) is 4.88 Å². The first-order valence-electron chi connectivity index (χ1n) is 3.43. The number of carboxylic acids is 1. The number of ether oxygens (including phenoxy) is 1. The molecule has 6 heteroatoms. The summed E-state index contributed by atoms with van der Waals surface area (Å²) in [6.45, 7) is 0.197. The van der Waals surface area contributed by atoms with Crippen LogP contribution in [0.3, 0.4) is 0 Å². The van der Waals surface area contributed by atoms with Gasteiger partial charge in [0.1, 0.15) is 0 Å². The predicted molar refractivity (Wildman–Crippen MR) is 54.8 cm³/mol. The Morgan fingerprint density at radius 1 is 1.64 bits per heavy atom. The summed E-state index contributed by atoms with van der Waals surface area (Å²) in [5.41, 5.74) is 0. The molecule has 0 aliphatic heterocycles. The van der Waals surface area contributed by atoms with E-state index in [1.54, 1.807) is 11.4 Å². The van der Waals surface area contributed by atoms with Crippen molar-refractivity contribution in [2.45, 2.75) is 0 Å². The number of hydrogen-bond acceptors (Lipinski definition) is 4. The Labute approximate surface area is 91.9 Å². The summed E-state index contributed by atoms with van der Waals surface area (Å²) in [4.78, 5) is 21.1. The first-order chi connectivity index (χ1) is 6.63. The molecule has 0 radical (unpaired) electrons. The van der Waals surface area contributed by atoms with E-state index in [0.29, 0.717) is 4.88 Å². The Hall–Kier alpha value is -1.14. The maximum atomic E-state index is 10.4. The fraction of sp³-hybridized carbons (Fsp3) is 0. The van der Waals surface area contributed by atoms with Crippen molar-refractivity contribution in [1.82, 2.24) is 0 Å². The van der Waals surface area contributed by atoms with Crippen molar-refractivity contribution in [3.63, 3.8) is 0 Å². The zero-order valence-electron chi connectivity index (χ0n) is 6.77. The molecule has 4 nitrogen and oxygen atoms in total. The summed E-state index contributed by atoms with van der Waals surface area (Å²) in [5, 5.41) is 10.3. The molecule has 0 aromatic carbocycles. The molecule has 0 aliphatic rings. The second-order valence-electron chi connectivity index (χ2n) is 2.19. The highest BCUT2D eigenvalue weighted by atomic mass is 79.9. The molecule has 1 aromatic rings. The maximum Gasteiger partial charge on any atom is 0.332 e. The Kier molecular flexibility index (Phi) is 3.84. The monoisotopic (exact) mass is 276 g/mol. The van der Waals surface area contributed by atoms with Crippen LogP contribution >= 0.6 is 27.3 Å². The van der Waals surface area contributed by atoms with Gasteiger partial charge in [0.05, 0.1) is 11.0 Å². The molecule has 74 valence electrons. The molecule has 0 amide bonds. The van der Waals surface area contributed by atoms with Crippen molar-refractivity contribution >= 4 is 45.5 Å².